The molecule has 4 nitrogen and oxygen atoms in total. The zero-order valence-electron chi connectivity index (χ0n) is 14.9. The summed E-state index contributed by atoms with van der Waals surface area (Å²) >= 11 is 0. The largest absolute Gasteiger partial charge is 0.394 e. The van der Waals surface area contributed by atoms with Gasteiger partial charge in [0.25, 0.3) is 0 Å². The highest BCUT2D eigenvalue weighted by molar-refractivity contribution is 6.17. The monoisotopic (exact) mass is 345 g/mol. The van der Waals surface area contributed by atoms with Gasteiger partial charge in [-0.25, -0.2) is 0 Å². The molecule has 0 bridgehead atoms. The maximum atomic E-state index is 5.68. The number of oxime groups is 1. The molecule has 1 aliphatic heterocycles. The van der Waals surface area contributed by atoms with Gasteiger partial charge >= 0.3 is 0 Å². The number of nitrogens with zero attached hydrogens (tertiary/aromatic N) is 2. The molecule has 1 N–H and O–H groups in total. The summed E-state index contributed by atoms with van der Waals surface area (Å²) in [6, 6.07) is 23.1. The van der Waals surface area contributed by atoms with Crippen LogP contribution in [0.3, 0.4) is 0 Å². The second-order valence-electron chi connectivity index (χ2n) is 6.61. The predicted molar refractivity (Wildman–Crippen MR) is 105 cm³/mol. The molecule has 1 unspecified atom stereocenters. The van der Waals surface area contributed by atoms with Crippen LogP contribution < -0.4 is 5.32 Å². The molecule has 0 spiro atoms. The second kappa shape index (κ2) is 7.58. The molecule has 2 aromatic carbocycles. The van der Waals surface area contributed by atoms with E-state index in [0.717, 1.165) is 35.6 Å². The van der Waals surface area contributed by atoms with Gasteiger partial charge in [0, 0.05) is 17.8 Å². The zero-order valence-corrected chi connectivity index (χ0v) is 14.9. The molecule has 26 heavy (non-hydrogen) atoms. The van der Waals surface area contributed by atoms with E-state index in [9.17, 15) is 0 Å². The Morgan fingerprint density at radius 2 is 1.81 bits per heavy atom. The summed E-state index contributed by atoms with van der Waals surface area (Å²) < 4.78 is 2.15. The highest BCUT2D eigenvalue weighted by Crippen LogP contribution is 2.28. The summed E-state index contributed by atoms with van der Waals surface area (Å²) in [4.78, 5) is 5.68. The highest BCUT2D eigenvalue weighted by atomic mass is 16.6. The number of hydrogen-bond donors (Lipinski definition) is 1. The van der Waals surface area contributed by atoms with Crippen LogP contribution in [0.2, 0.25) is 0 Å². The maximum Gasteiger partial charge on any atom is 0.136 e. The van der Waals surface area contributed by atoms with E-state index < -0.39 is 0 Å². The van der Waals surface area contributed by atoms with Crippen LogP contribution in [0.5, 0.6) is 0 Å². The summed E-state index contributed by atoms with van der Waals surface area (Å²) in [6.45, 7) is 3.59. The van der Waals surface area contributed by atoms with Gasteiger partial charge in [0.2, 0.25) is 0 Å². The Labute approximate surface area is 154 Å². The third kappa shape index (κ3) is 3.41. The molecule has 0 amide bonds. The van der Waals surface area contributed by atoms with Crippen LogP contribution in [0.25, 0.3) is 5.69 Å². The van der Waals surface area contributed by atoms with Gasteiger partial charge in [0.05, 0.1) is 11.4 Å². The number of nitrogens with one attached hydrogen (secondary N) is 1. The minimum Gasteiger partial charge on any atom is -0.394 e. The van der Waals surface area contributed by atoms with Gasteiger partial charge in [-0.3, -0.25) is 0 Å². The lowest BCUT2D eigenvalue weighted by Gasteiger charge is -2.12. The quantitative estimate of drug-likeness (QED) is 0.518. The van der Waals surface area contributed by atoms with Crippen molar-refractivity contribution in [1.82, 2.24) is 9.88 Å². The van der Waals surface area contributed by atoms with Gasteiger partial charge in [-0.2, -0.15) is 0 Å². The Bertz CT molecular complexity index is 899. The Kier molecular flexibility index (Phi) is 4.84. The first-order chi connectivity index (χ1) is 12.8. The molecule has 0 aliphatic carbocycles. The van der Waals surface area contributed by atoms with Gasteiger partial charge in [-0.05, 0) is 43.7 Å². The van der Waals surface area contributed by atoms with Crippen molar-refractivity contribution in [3.63, 3.8) is 0 Å². The average molecular weight is 345 g/mol. The fourth-order valence-electron chi connectivity index (χ4n) is 3.28. The fourth-order valence-corrected chi connectivity index (χ4v) is 3.28. The number of aromatic nitrogens is 1. The van der Waals surface area contributed by atoms with Crippen molar-refractivity contribution < 1.29 is 4.84 Å². The first-order valence-corrected chi connectivity index (χ1v) is 9.08. The lowest BCUT2D eigenvalue weighted by atomic mass is 10.1. The van der Waals surface area contributed by atoms with Crippen LogP contribution in [0.4, 0.5) is 0 Å². The van der Waals surface area contributed by atoms with Crippen LogP contribution >= 0.6 is 0 Å². The molecule has 1 atom stereocenters. The van der Waals surface area contributed by atoms with Gasteiger partial charge < -0.3 is 14.7 Å². The van der Waals surface area contributed by atoms with Gasteiger partial charge in [-0.1, -0.05) is 53.7 Å². The summed E-state index contributed by atoms with van der Waals surface area (Å²) in [6.07, 6.45) is 3.07. The Balaban J connectivity index is 1.33. The van der Waals surface area contributed by atoms with Crippen molar-refractivity contribution in [2.75, 3.05) is 13.2 Å². The third-order valence-corrected chi connectivity index (χ3v) is 4.64. The number of rotatable bonds is 7. The molecule has 0 saturated carbocycles. The van der Waals surface area contributed by atoms with E-state index in [2.05, 4.69) is 70.6 Å². The molecule has 1 aliphatic rings. The molecular formula is C22H23N3O. The summed E-state index contributed by atoms with van der Waals surface area (Å²) in [7, 11) is 0. The van der Waals surface area contributed by atoms with E-state index in [4.69, 9.17) is 4.84 Å². The van der Waals surface area contributed by atoms with Crippen molar-refractivity contribution in [2.24, 2.45) is 5.16 Å². The number of para-hydroxylation sites is 1. The van der Waals surface area contributed by atoms with Crippen LogP contribution in [0.1, 0.15) is 23.7 Å². The molecule has 0 radical (unpaired) electrons. The Hall–Kier alpha value is -2.85. The number of benzene rings is 2. The summed E-state index contributed by atoms with van der Waals surface area (Å²) in [5.74, 6) is 0. The maximum absolute atomic E-state index is 5.68. The first-order valence-electron chi connectivity index (χ1n) is 9.08. The van der Waals surface area contributed by atoms with E-state index in [-0.39, 0.29) is 6.04 Å². The molecule has 132 valence electrons. The van der Waals surface area contributed by atoms with Crippen LogP contribution in [-0.4, -0.2) is 29.5 Å². The number of fused-ring (bicyclic) bond motifs is 3. The minimum atomic E-state index is 0.242. The molecule has 2 heterocycles. The Morgan fingerprint density at radius 1 is 1.00 bits per heavy atom. The normalized spacial score (nSPS) is 14.9. The third-order valence-electron chi connectivity index (χ3n) is 4.64. The lowest BCUT2D eigenvalue weighted by Crippen LogP contribution is -2.31. The standard InChI is InChI=1S/C22H23N3O/c1-17(23-14-13-18-8-3-2-4-9-18)16-26-24-22-19-10-5-6-11-20(19)25-15-7-12-21(22)25/h2-12,15,17,23H,13-14,16H2,1H3/b24-22-. The minimum absolute atomic E-state index is 0.242. The number of hydrogen-bond acceptors (Lipinski definition) is 3. The van der Waals surface area contributed by atoms with Crippen LogP contribution in [-0.2, 0) is 11.3 Å². The highest BCUT2D eigenvalue weighted by Gasteiger charge is 2.24. The molecule has 0 saturated heterocycles. The fraction of sp³-hybridized carbons (Fsp3) is 0.227. The first kappa shape index (κ1) is 16.6. The van der Waals surface area contributed by atoms with Crippen molar-refractivity contribution in [1.29, 1.82) is 0 Å². The molecule has 0 fully saturated rings. The van der Waals surface area contributed by atoms with E-state index in [1.165, 1.54) is 5.56 Å². The van der Waals surface area contributed by atoms with Crippen molar-refractivity contribution >= 4 is 5.71 Å². The SMILES string of the molecule is CC(CO/N=C1/c2ccccc2-n2cccc21)NCCc1ccccc1. The van der Waals surface area contributed by atoms with Crippen molar-refractivity contribution in [3.8, 4) is 5.69 Å². The molecule has 1 aromatic heterocycles. The summed E-state index contributed by atoms with van der Waals surface area (Å²) in [5, 5.41) is 7.93. The van der Waals surface area contributed by atoms with E-state index in [1.54, 1.807) is 0 Å². The van der Waals surface area contributed by atoms with Crippen LogP contribution in [0.15, 0.2) is 78.1 Å². The van der Waals surface area contributed by atoms with Crippen molar-refractivity contribution in [3.05, 3.63) is 89.7 Å². The zero-order chi connectivity index (χ0) is 17.8. The van der Waals surface area contributed by atoms with E-state index in [0.29, 0.717) is 6.61 Å². The molecular weight excluding hydrogens is 322 g/mol. The van der Waals surface area contributed by atoms with Gasteiger partial charge in [0.1, 0.15) is 12.3 Å². The lowest BCUT2D eigenvalue weighted by molar-refractivity contribution is 0.124. The van der Waals surface area contributed by atoms with E-state index in [1.807, 2.05) is 24.3 Å². The van der Waals surface area contributed by atoms with Gasteiger partial charge in [0.15, 0.2) is 0 Å². The predicted octanol–water partition coefficient (Wildman–Crippen LogP) is 3.78. The van der Waals surface area contributed by atoms with E-state index >= 15 is 0 Å². The molecule has 3 aromatic rings. The summed E-state index contributed by atoms with van der Waals surface area (Å²) in [5.41, 5.74) is 5.60. The topological polar surface area (TPSA) is 38.5 Å². The second-order valence-corrected chi connectivity index (χ2v) is 6.61. The molecule has 4 rings (SSSR count). The van der Waals surface area contributed by atoms with Crippen LogP contribution in [0, 0.1) is 0 Å². The Morgan fingerprint density at radius 3 is 2.69 bits per heavy atom. The average Bonchev–Trinajstić information content (AvgIpc) is 3.25. The van der Waals surface area contributed by atoms with Crippen molar-refractivity contribution in [2.45, 2.75) is 19.4 Å². The molecule has 4 heteroatoms. The smallest absolute Gasteiger partial charge is 0.136 e. The van der Waals surface area contributed by atoms with Gasteiger partial charge in [-0.15, -0.1) is 0 Å².